The van der Waals surface area contributed by atoms with E-state index in [9.17, 15) is 0 Å². The number of rotatable bonds is 7. The van der Waals surface area contributed by atoms with Gasteiger partial charge in [0.05, 0.1) is 11.9 Å². The highest BCUT2D eigenvalue weighted by molar-refractivity contribution is 5.85. The maximum Gasteiger partial charge on any atom is 0.0762 e. The van der Waals surface area contributed by atoms with Gasteiger partial charge in [0, 0.05) is 43.6 Å². The van der Waals surface area contributed by atoms with E-state index in [1.165, 1.54) is 5.56 Å². The normalized spacial score (nSPS) is 11.1. The molecule has 0 bridgehead atoms. The lowest BCUT2D eigenvalue weighted by atomic mass is 10.2. The number of hydrogen-bond donors (Lipinski definition) is 1. The Bertz CT molecular complexity index is 530. The summed E-state index contributed by atoms with van der Waals surface area (Å²) in [6.07, 6.45) is 6.07. The Morgan fingerprint density at radius 2 is 1.95 bits per heavy atom. The van der Waals surface area contributed by atoms with E-state index in [0.29, 0.717) is 12.0 Å². The van der Waals surface area contributed by atoms with E-state index >= 15 is 0 Å². The molecule has 118 valence electrons. The number of hydrogen-bond acceptors (Lipinski definition) is 3. The van der Waals surface area contributed by atoms with Gasteiger partial charge in [-0.2, -0.15) is 10.2 Å². The van der Waals surface area contributed by atoms with Crippen LogP contribution in [0.5, 0.6) is 0 Å². The van der Waals surface area contributed by atoms with Gasteiger partial charge in [-0.25, -0.2) is 0 Å². The Morgan fingerprint density at radius 1 is 1.19 bits per heavy atom. The third-order valence-electron chi connectivity index (χ3n) is 3.07. The van der Waals surface area contributed by atoms with E-state index in [1.807, 2.05) is 21.8 Å². The number of aromatic nitrogens is 4. The molecule has 1 N–H and O–H groups in total. The zero-order valence-corrected chi connectivity index (χ0v) is 14.1. The van der Waals surface area contributed by atoms with Gasteiger partial charge in [0.15, 0.2) is 0 Å². The first-order valence-electron chi connectivity index (χ1n) is 7.30. The minimum Gasteiger partial charge on any atom is -0.307 e. The summed E-state index contributed by atoms with van der Waals surface area (Å²) in [5, 5.41) is 12.3. The molecule has 0 atom stereocenters. The van der Waals surface area contributed by atoms with Crippen LogP contribution in [-0.4, -0.2) is 19.6 Å². The first-order valence-corrected chi connectivity index (χ1v) is 7.30. The fourth-order valence-corrected chi connectivity index (χ4v) is 2.07. The molecular weight excluding hydrogens is 286 g/mol. The van der Waals surface area contributed by atoms with Crippen LogP contribution in [0.1, 0.15) is 45.0 Å². The third kappa shape index (κ3) is 5.52. The predicted molar refractivity (Wildman–Crippen MR) is 87.5 cm³/mol. The Kier molecular flexibility index (Phi) is 6.92. The molecule has 0 aliphatic rings. The fraction of sp³-hybridized carbons (Fsp3) is 0.600. The molecule has 0 aromatic carbocycles. The maximum atomic E-state index is 4.52. The second-order valence-corrected chi connectivity index (χ2v) is 5.95. The highest BCUT2D eigenvalue weighted by atomic mass is 35.5. The lowest BCUT2D eigenvalue weighted by Crippen LogP contribution is -2.13. The van der Waals surface area contributed by atoms with Gasteiger partial charge in [-0.15, -0.1) is 12.4 Å². The zero-order chi connectivity index (χ0) is 14.5. The summed E-state index contributed by atoms with van der Waals surface area (Å²) in [5.41, 5.74) is 2.29. The van der Waals surface area contributed by atoms with Gasteiger partial charge in [-0.1, -0.05) is 13.8 Å². The average molecular weight is 312 g/mol. The van der Waals surface area contributed by atoms with Crippen molar-refractivity contribution in [1.82, 2.24) is 24.9 Å². The number of halogens is 1. The maximum absolute atomic E-state index is 4.52. The minimum atomic E-state index is 0. The second-order valence-electron chi connectivity index (χ2n) is 5.95. The van der Waals surface area contributed by atoms with Crippen molar-refractivity contribution in [3.8, 4) is 0 Å². The molecule has 0 aliphatic carbocycles. The monoisotopic (exact) mass is 311 g/mol. The molecule has 0 spiro atoms. The van der Waals surface area contributed by atoms with Crippen molar-refractivity contribution < 1.29 is 0 Å². The van der Waals surface area contributed by atoms with Crippen LogP contribution in [0.25, 0.3) is 0 Å². The lowest BCUT2D eigenvalue weighted by molar-refractivity contribution is 0.482. The van der Waals surface area contributed by atoms with E-state index in [-0.39, 0.29) is 12.4 Å². The van der Waals surface area contributed by atoms with Gasteiger partial charge in [-0.05, 0) is 25.8 Å². The van der Waals surface area contributed by atoms with Crippen molar-refractivity contribution in [2.75, 3.05) is 0 Å². The molecule has 0 saturated carbocycles. The molecule has 0 fully saturated rings. The molecular formula is C15H26ClN5. The fourth-order valence-electron chi connectivity index (χ4n) is 2.07. The molecule has 6 heteroatoms. The van der Waals surface area contributed by atoms with Crippen LogP contribution in [0, 0.1) is 5.92 Å². The van der Waals surface area contributed by atoms with Crippen molar-refractivity contribution >= 4 is 12.4 Å². The van der Waals surface area contributed by atoms with Crippen molar-refractivity contribution in [2.24, 2.45) is 5.92 Å². The molecule has 2 rings (SSSR count). The van der Waals surface area contributed by atoms with Gasteiger partial charge in [0.2, 0.25) is 0 Å². The molecule has 0 saturated heterocycles. The Hall–Kier alpha value is -1.33. The molecule has 0 unspecified atom stereocenters. The van der Waals surface area contributed by atoms with Crippen LogP contribution in [-0.2, 0) is 19.6 Å². The van der Waals surface area contributed by atoms with E-state index in [0.717, 1.165) is 25.3 Å². The average Bonchev–Trinajstić information content (AvgIpc) is 2.98. The molecule has 0 amide bonds. The Balaban J connectivity index is 0.00000220. The standard InChI is InChI=1S/C15H25N5.ClH/c1-12(2)10-19-11-14(8-17-19)7-16-9-15-5-6-20(18-15)13(3)4;/h5-6,8,11-13,16H,7,9-10H2,1-4H3;1H. The smallest absolute Gasteiger partial charge is 0.0762 e. The van der Waals surface area contributed by atoms with Gasteiger partial charge >= 0.3 is 0 Å². The molecule has 5 nitrogen and oxygen atoms in total. The summed E-state index contributed by atoms with van der Waals surface area (Å²) in [6.45, 7) is 11.2. The van der Waals surface area contributed by atoms with Gasteiger partial charge in [-0.3, -0.25) is 9.36 Å². The highest BCUT2D eigenvalue weighted by Gasteiger charge is 2.03. The lowest BCUT2D eigenvalue weighted by Gasteiger charge is -2.04. The van der Waals surface area contributed by atoms with Crippen LogP contribution in [0.4, 0.5) is 0 Å². The van der Waals surface area contributed by atoms with E-state index in [4.69, 9.17) is 0 Å². The molecule has 21 heavy (non-hydrogen) atoms. The van der Waals surface area contributed by atoms with Gasteiger partial charge in [0.25, 0.3) is 0 Å². The number of nitrogens with zero attached hydrogens (tertiary/aromatic N) is 4. The molecule has 2 heterocycles. The minimum absolute atomic E-state index is 0. The zero-order valence-electron chi connectivity index (χ0n) is 13.3. The summed E-state index contributed by atoms with van der Waals surface area (Å²) in [4.78, 5) is 0. The van der Waals surface area contributed by atoms with Crippen molar-refractivity contribution in [3.63, 3.8) is 0 Å². The summed E-state index contributed by atoms with van der Waals surface area (Å²) in [6, 6.07) is 2.48. The van der Waals surface area contributed by atoms with Crippen LogP contribution >= 0.6 is 12.4 Å². The first-order chi connectivity index (χ1) is 9.54. The van der Waals surface area contributed by atoms with Crippen molar-refractivity contribution in [2.45, 2.75) is 53.4 Å². The Morgan fingerprint density at radius 3 is 2.57 bits per heavy atom. The van der Waals surface area contributed by atoms with Gasteiger partial charge < -0.3 is 5.32 Å². The van der Waals surface area contributed by atoms with E-state index in [2.05, 4.69) is 55.5 Å². The summed E-state index contributed by atoms with van der Waals surface area (Å²) in [5.74, 6) is 0.621. The van der Waals surface area contributed by atoms with Crippen LogP contribution in [0.2, 0.25) is 0 Å². The van der Waals surface area contributed by atoms with Crippen molar-refractivity contribution in [3.05, 3.63) is 35.9 Å². The summed E-state index contributed by atoms with van der Waals surface area (Å²) < 4.78 is 3.99. The van der Waals surface area contributed by atoms with Crippen LogP contribution in [0.3, 0.4) is 0 Å². The topological polar surface area (TPSA) is 47.7 Å². The SMILES string of the molecule is CC(C)Cn1cc(CNCc2ccn(C(C)C)n2)cn1.Cl. The van der Waals surface area contributed by atoms with E-state index < -0.39 is 0 Å². The summed E-state index contributed by atoms with van der Waals surface area (Å²) >= 11 is 0. The molecule has 2 aromatic heterocycles. The first kappa shape index (κ1) is 17.7. The second kappa shape index (κ2) is 8.20. The Labute approximate surface area is 133 Å². The number of nitrogens with one attached hydrogen (secondary N) is 1. The quantitative estimate of drug-likeness (QED) is 0.855. The van der Waals surface area contributed by atoms with Gasteiger partial charge in [0.1, 0.15) is 0 Å². The largest absolute Gasteiger partial charge is 0.307 e. The predicted octanol–water partition coefficient (Wildman–Crippen LogP) is 3.03. The molecule has 2 aromatic rings. The highest BCUT2D eigenvalue weighted by Crippen LogP contribution is 2.05. The third-order valence-corrected chi connectivity index (χ3v) is 3.07. The summed E-state index contributed by atoms with van der Waals surface area (Å²) in [7, 11) is 0. The molecule has 0 radical (unpaired) electrons. The van der Waals surface area contributed by atoms with E-state index in [1.54, 1.807) is 0 Å². The van der Waals surface area contributed by atoms with Crippen LogP contribution in [0.15, 0.2) is 24.7 Å². The molecule has 0 aliphatic heterocycles. The van der Waals surface area contributed by atoms with Crippen molar-refractivity contribution in [1.29, 1.82) is 0 Å². The van der Waals surface area contributed by atoms with Crippen LogP contribution < -0.4 is 5.32 Å².